The predicted octanol–water partition coefficient (Wildman–Crippen LogP) is 4.57. The van der Waals surface area contributed by atoms with E-state index >= 15 is 0 Å². The molecule has 4 heteroatoms. The Balaban J connectivity index is 2.03. The zero-order valence-electron chi connectivity index (χ0n) is 10.8. The van der Waals surface area contributed by atoms with Gasteiger partial charge in [-0.2, -0.15) is 0 Å². The van der Waals surface area contributed by atoms with E-state index in [1.165, 1.54) is 15.3 Å². The second-order valence-corrected chi connectivity index (χ2v) is 6.72. The van der Waals surface area contributed by atoms with Crippen LogP contribution in [0.5, 0.6) is 0 Å². The molecule has 0 aliphatic rings. The topological polar surface area (TPSA) is 24.9 Å². The number of hydrogen-bond donors (Lipinski definition) is 1. The molecule has 96 valence electrons. The largest absolute Gasteiger partial charge is 0.366 e. The van der Waals surface area contributed by atoms with Gasteiger partial charge in [0, 0.05) is 28.4 Å². The number of hydrogen-bond acceptors (Lipinski definition) is 3. The molecule has 0 aliphatic heterocycles. The lowest BCUT2D eigenvalue weighted by molar-refractivity contribution is 0.793. The number of nitrogens with one attached hydrogen (secondary N) is 1. The molecule has 2 nitrogen and oxygen atoms in total. The maximum atomic E-state index is 4.37. The Kier molecular flexibility index (Phi) is 4.40. The van der Waals surface area contributed by atoms with Gasteiger partial charge in [0.25, 0.3) is 0 Å². The Morgan fingerprint density at radius 3 is 2.78 bits per heavy atom. The molecule has 0 saturated heterocycles. The molecule has 0 aliphatic carbocycles. The number of pyridine rings is 1. The third-order valence-corrected chi connectivity index (χ3v) is 4.79. The molecule has 0 spiro atoms. The van der Waals surface area contributed by atoms with E-state index in [9.17, 15) is 0 Å². The minimum Gasteiger partial charge on any atom is -0.366 e. The van der Waals surface area contributed by atoms with Crippen molar-refractivity contribution in [3.63, 3.8) is 0 Å². The SMILES string of the molecule is Cc1ccc(CC(C)Nc2nccc(C)c2Br)s1. The van der Waals surface area contributed by atoms with Gasteiger partial charge < -0.3 is 5.32 Å². The standard InChI is InChI=1S/C14H17BrN2S/c1-9-6-7-16-14(13(9)15)17-10(2)8-12-5-4-11(3)18-12/h4-7,10H,8H2,1-3H3,(H,16,17). The van der Waals surface area contributed by atoms with Gasteiger partial charge in [-0.3, -0.25) is 0 Å². The summed E-state index contributed by atoms with van der Waals surface area (Å²) >= 11 is 5.44. The van der Waals surface area contributed by atoms with E-state index in [0.29, 0.717) is 6.04 Å². The summed E-state index contributed by atoms with van der Waals surface area (Å²) in [5, 5.41) is 3.46. The minimum absolute atomic E-state index is 0.369. The van der Waals surface area contributed by atoms with Crippen molar-refractivity contribution in [2.75, 3.05) is 5.32 Å². The van der Waals surface area contributed by atoms with Crippen LogP contribution in [0, 0.1) is 13.8 Å². The van der Waals surface area contributed by atoms with Crippen LogP contribution in [-0.4, -0.2) is 11.0 Å². The fourth-order valence-electron chi connectivity index (χ4n) is 1.82. The lowest BCUT2D eigenvalue weighted by Crippen LogP contribution is -2.18. The van der Waals surface area contributed by atoms with Gasteiger partial charge >= 0.3 is 0 Å². The zero-order chi connectivity index (χ0) is 13.1. The second-order valence-electron chi connectivity index (χ2n) is 4.55. The number of rotatable bonds is 4. The number of thiophene rings is 1. The van der Waals surface area contributed by atoms with Gasteiger partial charge in [0.2, 0.25) is 0 Å². The van der Waals surface area contributed by atoms with Crippen molar-refractivity contribution in [1.82, 2.24) is 4.98 Å². The highest BCUT2D eigenvalue weighted by Crippen LogP contribution is 2.25. The van der Waals surface area contributed by atoms with Gasteiger partial charge in [-0.05, 0) is 60.5 Å². The lowest BCUT2D eigenvalue weighted by Gasteiger charge is -2.15. The molecule has 0 amide bonds. The number of aromatic nitrogens is 1. The zero-order valence-corrected chi connectivity index (χ0v) is 13.2. The lowest BCUT2D eigenvalue weighted by atomic mass is 10.2. The Morgan fingerprint density at radius 2 is 2.11 bits per heavy atom. The Hall–Kier alpha value is -0.870. The first-order chi connectivity index (χ1) is 8.56. The monoisotopic (exact) mass is 324 g/mol. The van der Waals surface area contributed by atoms with Gasteiger partial charge in [-0.15, -0.1) is 11.3 Å². The maximum absolute atomic E-state index is 4.37. The van der Waals surface area contributed by atoms with E-state index in [2.05, 4.69) is 59.1 Å². The van der Waals surface area contributed by atoms with Gasteiger partial charge in [0.1, 0.15) is 5.82 Å². The number of anilines is 1. The molecule has 1 N–H and O–H groups in total. The average molecular weight is 325 g/mol. The van der Waals surface area contributed by atoms with Crippen LogP contribution in [0.15, 0.2) is 28.9 Å². The molecule has 18 heavy (non-hydrogen) atoms. The summed E-state index contributed by atoms with van der Waals surface area (Å²) in [5.41, 5.74) is 1.20. The van der Waals surface area contributed by atoms with Crippen molar-refractivity contribution < 1.29 is 0 Å². The highest BCUT2D eigenvalue weighted by molar-refractivity contribution is 9.10. The molecule has 0 aromatic carbocycles. The highest BCUT2D eigenvalue weighted by Gasteiger charge is 2.09. The molecule has 0 fully saturated rings. The van der Waals surface area contributed by atoms with Crippen LogP contribution in [0.2, 0.25) is 0 Å². The first-order valence-corrected chi connectivity index (χ1v) is 7.60. The molecule has 0 bridgehead atoms. The summed E-state index contributed by atoms with van der Waals surface area (Å²) in [6.45, 7) is 6.40. The third-order valence-electron chi connectivity index (χ3n) is 2.77. The average Bonchev–Trinajstić information content (AvgIpc) is 2.70. The molecule has 0 saturated carbocycles. The molecule has 2 heterocycles. The van der Waals surface area contributed by atoms with Crippen LogP contribution in [0.25, 0.3) is 0 Å². The Labute approximate surface area is 121 Å². The van der Waals surface area contributed by atoms with E-state index in [1.807, 2.05) is 23.6 Å². The quantitative estimate of drug-likeness (QED) is 0.891. The molecule has 2 rings (SSSR count). The van der Waals surface area contributed by atoms with Crippen molar-refractivity contribution in [3.8, 4) is 0 Å². The van der Waals surface area contributed by atoms with Crippen LogP contribution in [-0.2, 0) is 6.42 Å². The predicted molar refractivity (Wildman–Crippen MR) is 82.5 cm³/mol. The molecular weight excluding hydrogens is 308 g/mol. The molecule has 1 atom stereocenters. The number of aryl methyl sites for hydroxylation is 2. The number of nitrogens with zero attached hydrogens (tertiary/aromatic N) is 1. The van der Waals surface area contributed by atoms with E-state index in [-0.39, 0.29) is 0 Å². The summed E-state index contributed by atoms with van der Waals surface area (Å²) < 4.78 is 1.05. The van der Waals surface area contributed by atoms with Gasteiger partial charge in [-0.25, -0.2) is 4.98 Å². The first kappa shape index (κ1) is 13.6. The summed E-state index contributed by atoms with van der Waals surface area (Å²) in [6, 6.07) is 6.75. The third kappa shape index (κ3) is 3.33. The fraction of sp³-hybridized carbons (Fsp3) is 0.357. The summed E-state index contributed by atoms with van der Waals surface area (Å²) in [4.78, 5) is 7.15. The van der Waals surface area contributed by atoms with Crippen LogP contribution in [0.3, 0.4) is 0 Å². The van der Waals surface area contributed by atoms with E-state index in [0.717, 1.165) is 16.7 Å². The minimum atomic E-state index is 0.369. The fourth-order valence-corrected chi connectivity index (χ4v) is 3.19. The molecule has 0 radical (unpaired) electrons. The molecule has 2 aromatic heterocycles. The van der Waals surface area contributed by atoms with Crippen LogP contribution < -0.4 is 5.32 Å². The van der Waals surface area contributed by atoms with Gasteiger partial charge in [-0.1, -0.05) is 0 Å². The molecular formula is C14H17BrN2S. The second kappa shape index (κ2) is 5.85. The van der Waals surface area contributed by atoms with E-state index in [1.54, 1.807) is 0 Å². The van der Waals surface area contributed by atoms with E-state index in [4.69, 9.17) is 0 Å². The smallest absolute Gasteiger partial charge is 0.140 e. The van der Waals surface area contributed by atoms with Crippen molar-refractivity contribution in [3.05, 3.63) is 44.2 Å². The van der Waals surface area contributed by atoms with Crippen LogP contribution >= 0.6 is 27.3 Å². The summed E-state index contributed by atoms with van der Waals surface area (Å²) in [5.74, 6) is 0.927. The Bertz CT molecular complexity index is 536. The van der Waals surface area contributed by atoms with Crippen LogP contribution in [0.4, 0.5) is 5.82 Å². The van der Waals surface area contributed by atoms with E-state index < -0.39 is 0 Å². The highest BCUT2D eigenvalue weighted by atomic mass is 79.9. The van der Waals surface area contributed by atoms with Crippen molar-refractivity contribution in [1.29, 1.82) is 0 Å². The summed E-state index contributed by atoms with van der Waals surface area (Å²) in [7, 11) is 0. The summed E-state index contributed by atoms with van der Waals surface area (Å²) in [6.07, 6.45) is 2.87. The normalized spacial score (nSPS) is 12.4. The van der Waals surface area contributed by atoms with Crippen molar-refractivity contribution >= 4 is 33.1 Å². The maximum Gasteiger partial charge on any atom is 0.140 e. The van der Waals surface area contributed by atoms with Crippen LogP contribution in [0.1, 0.15) is 22.2 Å². The van der Waals surface area contributed by atoms with Gasteiger partial charge in [0.15, 0.2) is 0 Å². The van der Waals surface area contributed by atoms with Gasteiger partial charge in [0.05, 0.1) is 4.47 Å². The number of halogens is 1. The molecule has 2 aromatic rings. The van der Waals surface area contributed by atoms with Crippen molar-refractivity contribution in [2.45, 2.75) is 33.2 Å². The first-order valence-electron chi connectivity index (χ1n) is 5.99. The van der Waals surface area contributed by atoms with Crippen molar-refractivity contribution in [2.24, 2.45) is 0 Å². The Morgan fingerprint density at radius 1 is 1.33 bits per heavy atom. The molecule has 1 unspecified atom stereocenters.